The highest BCUT2D eigenvalue weighted by molar-refractivity contribution is 5.90. The summed E-state index contributed by atoms with van der Waals surface area (Å²) >= 11 is 0. The van der Waals surface area contributed by atoms with E-state index in [0.29, 0.717) is 11.8 Å². The minimum absolute atomic E-state index is 0.206. The van der Waals surface area contributed by atoms with E-state index < -0.39 is 5.97 Å². The van der Waals surface area contributed by atoms with Gasteiger partial charge in [0, 0.05) is 12.6 Å². The van der Waals surface area contributed by atoms with Gasteiger partial charge in [-0.05, 0) is 44.5 Å². The first-order valence-corrected chi connectivity index (χ1v) is 6.63. The minimum atomic E-state index is -0.960. The van der Waals surface area contributed by atoms with E-state index in [1.165, 1.54) is 7.11 Å². The normalized spacial score (nSPS) is 11.1. The van der Waals surface area contributed by atoms with Crippen LogP contribution in [0.4, 0.5) is 0 Å². The zero-order valence-electron chi connectivity index (χ0n) is 12.1. The highest BCUT2D eigenvalue weighted by atomic mass is 16.5. The fourth-order valence-electron chi connectivity index (χ4n) is 2.05. The van der Waals surface area contributed by atoms with E-state index in [-0.39, 0.29) is 5.56 Å². The number of hydrogen-bond donors (Lipinski definition) is 1. The Morgan fingerprint density at radius 3 is 2.58 bits per heavy atom. The van der Waals surface area contributed by atoms with Crippen molar-refractivity contribution in [2.45, 2.75) is 39.8 Å². The molecule has 0 saturated carbocycles. The van der Waals surface area contributed by atoms with Crippen LogP contribution in [0.3, 0.4) is 0 Å². The number of nitrogens with zero attached hydrogens (tertiary/aromatic N) is 1. The number of carbonyl (C=O) groups is 1. The van der Waals surface area contributed by atoms with Crippen molar-refractivity contribution >= 4 is 5.97 Å². The number of hydrogen-bond acceptors (Lipinski definition) is 3. The summed E-state index contributed by atoms with van der Waals surface area (Å²) < 4.78 is 5.15. The van der Waals surface area contributed by atoms with E-state index in [4.69, 9.17) is 9.84 Å². The first kappa shape index (κ1) is 15.5. The van der Waals surface area contributed by atoms with Crippen LogP contribution in [-0.4, -0.2) is 35.7 Å². The van der Waals surface area contributed by atoms with Crippen LogP contribution >= 0.6 is 0 Å². The Morgan fingerprint density at radius 2 is 2.11 bits per heavy atom. The van der Waals surface area contributed by atoms with Gasteiger partial charge in [0.1, 0.15) is 11.3 Å². The summed E-state index contributed by atoms with van der Waals surface area (Å²) in [7, 11) is 1.50. The zero-order valence-corrected chi connectivity index (χ0v) is 12.1. The molecule has 0 unspecified atom stereocenters. The number of carboxylic acids is 1. The second kappa shape index (κ2) is 7.14. The van der Waals surface area contributed by atoms with E-state index in [2.05, 4.69) is 25.7 Å². The number of aromatic carboxylic acids is 1. The molecule has 0 saturated heterocycles. The largest absolute Gasteiger partial charge is 0.496 e. The molecule has 1 aromatic carbocycles. The maximum Gasteiger partial charge on any atom is 0.339 e. The van der Waals surface area contributed by atoms with Gasteiger partial charge in [-0.15, -0.1) is 0 Å². The van der Waals surface area contributed by atoms with Crippen molar-refractivity contribution in [1.29, 1.82) is 0 Å². The molecule has 106 valence electrons. The molecule has 0 aliphatic rings. The quantitative estimate of drug-likeness (QED) is 0.823. The van der Waals surface area contributed by atoms with Crippen molar-refractivity contribution in [2.75, 3.05) is 13.7 Å². The van der Waals surface area contributed by atoms with Gasteiger partial charge in [-0.1, -0.05) is 13.0 Å². The lowest BCUT2D eigenvalue weighted by Gasteiger charge is -2.26. The van der Waals surface area contributed by atoms with Gasteiger partial charge in [-0.25, -0.2) is 4.79 Å². The molecule has 4 nitrogen and oxygen atoms in total. The van der Waals surface area contributed by atoms with E-state index in [1.54, 1.807) is 6.07 Å². The molecule has 4 heteroatoms. The second-order valence-corrected chi connectivity index (χ2v) is 4.90. The molecule has 0 radical (unpaired) electrons. The third kappa shape index (κ3) is 4.24. The van der Waals surface area contributed by atoms with Crippen molar-refractivity contribution in [3.8, 4) is 5.75 Å². The van der Waals surface area contributed by atoms with Gasteiger partial charge in [-0.2, -0.15) is 0 Å². The molecule has 1 rings (SSSR count). The van der Waals surface area contributed by atoms with Crippen LogP contribution in [-0.2, 0) is 6.54 Å². The molecule has 0 amide bonds. The predicted molar refractivity (Wildman–Crippen MR) is 75.8 cm³/mol. The van der Waals surface area contributed by atoms with Gasteiger partial charge in [0.25, 0.3) is 0 Å². The fraction of sp³-hybridized carbons (Fsp3) is 0.533. The summed E-state index contributed by atoms with van der Waals surface area (Å²) in [4.78, 5) is 13.4. The molecule has 0 aliphatic carbocycles. The number of methoxy groups -OCH3 is 1. The van der Waals surface area contributed by atoms with Gasteiger partial charge >= 0.3 is 5.97 Å². The van der Waals surface area contributed by atoms with Crippen molar-refractivity contribution in [2.24, 2.45) is 0 Å². The molecule has 0 fully saturated rings. The van der Waals surface area contributed by atoms with Crippen LogP contribution in [0.2, 0.25) is 0 Å². The van der Waals surface area contributed by atoms with Crippen LogP contribution in [0.1, 0.15) is 43.1 Å². The van der Waals surface area contributed by atoms with Crippen LogP contribution in [0.5, 0.6) is 5.75 Å². The van der Waals surface area contributed by atoms with E-state index in [9.17, 15) is 4.79 Å². The van der Waals surface area contributed by atoms with Crippen molar-refractivity contribution < 1.29 is 14.6 Å². The number of ether oxygens (including phenoxy) is 1. The van der Waals surface area contributed by atoms with Gasteiger partial charge in [0.05, 0.1) is 7.11 Å². The summed E-state index contributed by atoms with van der Waals surface area (Å²) in [6, 6.07) is 5.75. The lowest BCUT2D eigenvalue weighted by molar-refractivity contribution is 0.0693. The van der Waals surface area contributed by atoms with E-state index in [1.807, 2.05) is 12.1 Å². The second-order valence-electron chi connectivity index (χ2n) is 4.90. The third-order valence-corrected chi connectivity index (χ3v) is 3.12. The third-order valence-electron chi connectivity index (χ3n) is 3.12. The molecule has 0 spiro atoms. The Morgan fingerprint density at radius 1 is 1.42 bits per heavy atom. The van der Waals surface area contributed by atoms with Crippen LogP contribution in [0.15, 0.2) is 18.2 Å². The van der Waals surface area contributed by atoms with Crippen molar-refractivity contribution in [3.05, 3.63) is 29.3 Å². The molecule has 0 aromatic heterocycles. The van der Waals surface area contributed by atoms with Gasteiger partial charge in [0.2, 0.25) is 0 Å². The Kier molecular flexibility index (Phi) is 5.83. The molecule has 19 heavy (non-hydrogen) atoms. The summed E-state index contributed by atoms with van der Waals surface area (Å²) in [5.41, 5.74) is 1.28. The molecule has 0 heterocycles. The van der Waals surface area contributed by atoms with Crippen LogP contribution in [0.25, 0.3) is 0 Å². The Balaban J connectivity index is 2.92. The summed E-state index contributed by atoms with van der Waals surface area (Å²) in [6.45, 7) is 8.32. The molecule has 0 atom stereocenters. The molecular formula is C15H23NO3. The smallest absolute Gasteiger partial charge is 0.339 e. The fourth-order valence-corrected chi connectivity index (χ4v) is 2.05. The monoisotopic (exact) mass is 265 g/mol. The average Bonchev–Trinajstić information content (AvgIpc) is 2.37. The highest BCUT2D eigenvalue weighted by Crippen LogP contribution is 2.21. The summed E-state index contributed by atoms with van der Waals surface area (Å²) in [5.74, 6) is -0.539. The zero-order chi connectivity index (χ0) is 14.4. The molecule has 0 bridgehead atoms. The van der Waals surface area contributed by atoms with E-state index >= 15 is 0 Å². The lowest BCUT2D eigenvalue weighted by Crippen LogP contribution is -2.31. The highest BCUT2D eigenvalue weighted by Gasteiger charge is 2.14. The number of carboxylic acid groups (broad SMARTS) is 1. The first-order valence-electron chi connectivity index (χ1n) is 6.63. The van der Waals surface area contributed by atoms with E-state index in [0.717, 1.165) is 25.1 Å². The molecule has 1 N–H and O–H groups in total. The van der Waals surface area contributed by atoms with Gasteiger partial charge in [-0.3, -0.25) is 4.90 Å². The topological polar surface area (TPSA) is 49.8 Å². The molecule has 0 aliphatic heterocycles. The average molecular weight is 265 g/mol. The number of rotatable bonds is 7. The van der Waals surface area contributed by atoms with Crippen LogP contribution < -0.4 is 4.74 Å². The minimum Gasteiger partial charge on any atom is -0.496 e. The first-order chi connectivity index (χ1) is 8.99. The maximum atomic E-state index is 11.0. The Labute approximate surface area is 115 Å². The van der Waals surface area contributed by atoms with Crippen molar-refractivity contribution in [3.63, 3.8) is 0 Å². The Hall–Kier alpha value is -1.55. The molecular weight excluding hydrogens is 242 g/mol. The standard InChI is InChI=1S/C15H23NO3/c1-5-8-16(11(2)3)10-12-6-7-13(15(17)18)14(9-12)19-4/h6-7,9,11H,5,8,10H2,1-4H3,(H,17,18). The molecule has 1 aromatic rings. The summed E-state index contributed by atoms with van der Waals surface area (Å²) in [6.07, 6.45) is 1.10. The summed E-state index contributed by atoms with van der Waals surface area (Å²) in [5, 5.41) is 9.05. The lowest BCUT2D eigenvalue weighted by atomic mass is 10.1. The van der Waals surface area contributed by atoms with Crippen LogP contribution in [0, 0.1) is 0 Å². The number of benzene rings is 1. The maximum absolute atomic E-state index is 11.0. The van der Waals surface area contributed by atoms with Crippen molar-refractivity contribution in [1.82, 2.24) is 4.90 Å². The van der Waals surface area contributed by atoms with Gasteiger partial charge < -0.3 is 9.84 Å². The Bertz CT molecular complexity index is 429. The SMILES string of the molecule is CCCN(Cc1ccc(C(=O)O)c(OC)c1)C(C)C. The van der Waals surface area contributed by atoms with Gasteiger partial charge in [0.15, 0.2) is 0 Å². The predicted octanol–water partition coefficient (Wildman–Crippen LogP) is 3.01.